The number of amides is 4. The number of carbonyl (C=O) groups is 4. The number of hydrogen-bond donors (Lipinski definition) is 4. The van der Waals surface area contributed by atoms with Crippen molar-refractivity contribution >= 4 is 68.5 Å². The third-order valence-electron chi connectivity index (χ3n) is 16.2. The first-order valence-corrected chi connectivity index (χ1v) is 29.4. The molecule has 0 aliphatic carbocycles. The van der Waals surface area contributed by atoms with E-state index in [0.717, 1.165) is 125 Å². The number of aromatic nitrogens is 4. The van der Waals surface area contributed by atoms with Gasteiger partial charge in [-0.05, 0) is 164 Å². The summed E-state index contributed by atoms with van der Waals surface area (Å²) in [6.45, 7) is 3.68. The van der Waals surface area contributed by atoms with Crippen molar-refractivity contribution in [1.29, 1.82) is 0 Å². The average Bonchev–Trinajstić information content (AvgIpc) is 2.11. The topological polar surface area (TPSA) is 187 Å². The minimum Gasteiger partial charge on any atom is -0.351 e. The molecule has 0 atom stereocenters. The van der Waals surface area contributed by atoms with Crippen molar-refractivity contribution < 1.29 is 19.2 Å². The number of nitrogens with one attached hydrogen (secondary N) is 4. The van der Waals surface area contributed by atoms with Crippen LogP contribution in [-0.4, -0.2) is 156 Å². The zero-order valence-electron chi connectivity index (χ0n) is 49.7. The normalized spacial score (nSPS) is 12.6. The molecule has 0 radical (unpaired) electrons. The molecular weight excluding hydrogens is 1080 g/mol. The van der Waals surface area contributed by atoms with Crippen molar-refractivity contribution in [3.05, 3.63) is 214 Å². The van der Waals surface area contributed by atoms with Crippen LogP contribution in [0.3, 0.4) is 0 Å². The minimum absolute atomic E-state index is 0.0837. The zero-order chi connectivity index (χ0) is 60.3. The molecule has 436 valence electrons. The van der Waals surface area contributed by atoms with E-state index >= 15 is 0 Å². The second-order valence-electron chi connectivity index (χ2n) is 23.0. The van der Waals surface area contributed by atoms with E-state index in [0.29, 0.717) is 67.7 Å². The summed E-state index contributed by atoms with van der Waals surface area (Å²) in [6.07, 6.45) is 2.01. The molecule has 0 saturated carbocycles. The number of benzene rings is 8. The van der Waals surface area contributed by atoms with Crippen LogP contribution < -0.4 is 10.6 Å². The van der Waals surface area contributed by atoms with Gasteiger partial charge in [0.05, 0.1) is 44.9 Å². The molecule has 10 aromatic rings. The van der Waals surface area contributed by atoms with Crippen LogP contribution in [0, 0.1) is 0 Å². The second kappa shape index (κ2) is 24.8. The number of rotatable bonds is 20. The number of carbonyl (C=O) groups excluding carboxylic acids is 4. The van der Waals surface area contributed by atoms with Gasteiger partial charge in [-0.3, -0.25) is 29.2 Å². The Kier molecular flexibility index (Phi) is 16.3. The standard InChI is InChI=1S/C71H68N12O4/c1-80(2)36-32-72-68(84)48-16-12-46(13-17-48)66-76-58-30-28-54(40-64(58)78-66)52-24-26-56-42-60(74-62(56)38-52)44-8-20-50(21-9-44)70(86)82(5)34-7-35-83(6)71(87)51-22-10-45(11-23-51)61-43-57-27-25-53(39-63(57)75-61)55-29-31-59-65(41-55)79-67(77-59)47-14-18-49(19-15-47)69(85)73-33-37-81(3)4/h8-31,38-41H,7,32-37,42-43H2,1-6H3,(H,72,84)(H,73,85)(H,76,78)(H,77,79). The predicted octanol–water partition coefficient (Wildman–Crippen LogP) is 11.3. The highest BCUT2D eigenvalue weighted by molar-refractivity contribution is 6.09. The summed E-state index contributed by atoms with van der Waals surface area (Å²) in [5.41, 5.74) is 19.9. The summed E-state index contributed by atoms with van der Waals surface area (Å²) in [7, 11) is 11.5. The lowest BCUT2D eigenvalue weighted by Gasteiger charge is -2.21. The van der Waals surface area contributed by atoms with Gasteiger partial charge in [-0.2, -0.15) is 0 Å². The van der Waals surface area contributed by atoms with Crippen molar-refractivity contribution in [1.82, 2.24) is 50.2 Å². The lowest BCUT2D eigenvalue weighted by molar-refractivity contribution is 0.0763. The van der Waals surface area contributed by atoms with E-state index in [9.17, 15) is 19.2 Å². The zero-order valence-corrected chi connectivity index (χ0v) is 49.7. The van der Waals surface area contributed by atoms with E-state index in [4.69, 9.17) is 20.0 Å². The number of imidazole rings is 2. The number of fused-ring (bicyclic) bond motifs is 4. The molecule has 0 bridgehead atoms. The van der Waals surface area contributed by atoms with Crippen LogP contribution in [0.25, 0.3) is 67.1 Å². The summed E-state index contributed by atoms with van der Waals surface area (Å²) in [5, 5.41) is 5.92. The molecule has 87 heavy (non-hydrogen) atoms. The quantitative estimate of drug-likeness (QED) is 0.0580. The van der Waals surface area contributed by atoms with Gasteiger partial charge < -0.3 is 40.2 Å². The molecule has 4 N–H and O–H groups in total. The molecule has 0 unspecified atom stereocenters. The molecule has 8 aromatic carbocycles. The van der Waals surface area contributed by atoms with E-state index < -0.39 is 0 Å². The summed E-state index contributed by atoms with van der Waals surface area (Å²) in [5.74, 6) is 1.11. The SMILES string of the molecule is CN(C)CCNC(=O)c1ccc(-c2nc3ccc(-c4ccc5c(c4)N=C(c4ccc(C(=O)N(C)CCCN(C)C(=O)c6ccc(C7=Nc8cc(-c9ccc%10nc(-c%11ccc(C(=O)NCCN(C)C)cc%11)[nH]c%10c9)ccc8C7)cc6)cc4)C5)cc3[nH]2)cc1. The van der Waals surface area contributed by atoms with Gasteiger partial charge >= 0.3 is 0 Å². The third-order valence-corrected chi connectivity index (χ3v) is 16.2. The maximum atomic E-state index is 13.6. The fourth-order valence-electron chi connectivity index (χ4n) is 11.1. The van der Waals surface area contributed by atoms with Gasteiger partial charge in [-0.15, -0.1) is 0 Å². The van der Waals surface area contributed by atoms with Crippen molar-refractivity contribution in [3.8, 4) is 45.0 Å². The molecule has 2 aliphatic rings. The molecule has 2 aliphatic heterocycles. The van der Waals surface area contributed by atoms with Crippen LogP contribution in [-0.2, 0) is 12.8 Å². The van der Waals surface area contributed by atoms with Crippen LogP contribution in [0.15, 0.2) is 180 Å². The number of H-pyrrole nitrogens is 2. The van der Waals surface area contributed by atoms with Crippen LogP contribution in [0.1, 0.15) is 70.1 Å². The largest absolute Gasteiger partial charge is 0.351 e. The Bertz CT molecular complexity index is 4030. The fourth-order valence-corrected chi connectivity index (χ4v) is 11.1. The van der Waals surface area contributed by atoms with Crippen LogP contribution in [0.2, 0.25) is 0 Å². The maximum absolute atomic E-state index is 13.6. The number of likely N-dealkylation sites (N-methyl/N-ethyl adjacent to an activating group) is 2. The molecule has 0 fully saturated rings. The summed E-state index contributed by atoms with van der Waals surface area (Å²) in [4.78, 5) is 86.6. The first kappa shape index (κ1) is 57.3. The molecule has 2 aromatic heterocycles. The number of hydrogen-bond acceptors (Lipinski definition) is 10. The third kappa shape index (κ3) is 12.8. The van der Waals surface area contributed by atoms with Gasteiger partial charge in [-0.25, -0.2) is 9.97 Å². The van der Waals surface area contributed by atoms with Crippen molar-refractivity contribution in [2.45, 2.75) is 19.3 Å². The van der Waals surface area contributed by atoms with E-state index in [1.807, 2.05) is 147 Å². The Morgan fingerprint density at radius 3 is 1.14 bits per heavy atom. The number of aromatic amines is 2. The maximum Gasteiger partial charge on any atom is 0.253 e. The van der Waals surface area contributed by atoms with Crippen molar-refractivity contribution in [2.75, 3.05) is 81.6 Å². The van der Waals surface area contributed by atoms with Crippen LogP contribution in [0.5, 0.6) is 0 Å². The van der Waals surface area contributed by atoms with Crippen molar-refractivity contribution in [2.24, 2.45) is 9.98 Å². The van der Waals surface area contributed by atoms with E-state index in [1.165, 1.54) is 0 Å². The predicted molar refractivity (Wildman–Crippen MR) is 347 cm³/mol. The Morgan fingerprint density at radius 2 is 0.747 bits per heavy atom. The monoisotopic (exact) mass is 1150 g/mol. The number of nitrogens with zero attached hydrogens (tertiary/aromatic N) is 8. The molecule has 4 amide bonds. The lowest BCUT2D eigenvalue weighted by atomic mass is 9.99. The highest BCUT2D eigenvalue weighted by Crippen LogP contribution is 2.37. The van der Waals surface area contributed by atoms with Gasteiger partial charge in [-0.1, -0.05) is 84.9 Å². The molecule has 12 rings (SSSR count). The van der Waals surface area contributed by atoms with E-state index in [1.54, 1.807) is 23.9 Å². The van der Waals surface area contributed by atoms with Crippen LogP contribution >= 0.6 is 0 Å². The Labute approximate surface area is 505 Å². The van der Waals surface area contributed by atoms with Gasteiger partial charge in [0, 0.05) is 99.6 Å². The van der Waals surface area contributed by atoms with Gasteiger partial charge in [0.1, 0.15) is 11.6 Å². The molecule has 0 spiro atoms. The fraction of sp³-hybridized carbons (Fsp3) is 0.211. The van der Waals surface area contributed by atoms with Gasteiger partial charge in [0.2, 0.25) is 0 Å². The molecule has 4 heterocycles. The first-order valence-electron chi connectivity index (χ1n) is 29.4. The minimum atomic E-state index is -0.0970. The summed E-state index contributed by atoms with van der Waals surface area (Å²) < 4.78 is 0. The summed E-state index contributed by atoms with van der Waals surface area (Å²) in [6, 6.07) is 55.5. The molecule has 16 nitrogen and oxygen atoms in total. The van der Waals surface area contributed by atoms with E-state index in [-0.39, 0.29) is 23.6 Å². The Morgan fingerprint density at radius 1 is 0.402 bits per heavy atom. The lowest BCUT2D eigenvalue weighted by Crippen LogP contribution is -2.32. The highest BCUT2D eigenvalue weighted by atomic mass is 16.2. The summed E-state index contributed by atoms with van der Waals surface area (Å²) >= 11 is 0. The molecule has 16 heteroatoms. The average molecular weight is 1150 g/mol. The molecular formula is C71H68N12O4. The first-order chi connectivity index (χ1) is 42.2. The van der Waals surface area contributed by atoms with E-state index in [2.05, 4.69) is 81.3 Å². The Hall–Kier alpha value is -10.2. The number of aliphatic imine (C=N–C) groups is 2. The van der Waals surface area contributed by atoms with Gasteiger partial charge in [0.15, 0.2) is 0 Å². The van der Waals surface area contributed by atoms with Crippen molar-refractivity contribution in [3.63, 3.8) is 0 Å². The van der Waals surface area contributed by atoms with Crippen LogP contribution in [0.4, 0.5) is 11.4 Å². The Balaban J connectivity index is 0.608. The molecule has 0 saturated heterocycles. The second-order valence-corrected chi connectivity index (χ2v) is 23.0. The van der Waals surface area contributed by atoms with Gasteiger partial charge in [0.25, 0.3) is 23.6 Å². The smallest absolute Gasteiger partial charge is 0.253 e. The highest BCUT2D eigenvalue weighted by Gasteiger charge is 2.22.